The Kier molecular flexibility index (Phi) is 6.96. The molecule has 31 heavy (non-hydrogen) atoms. The van der Waals surface area contributed by atoms with Crippen LogP contribution in [0.2, 0.25) is 0 Å². The van der Waals surface area contributed by atoms with Gasteiger partial charge in [0.1, 0.15) is 11.5 Å². The van der Waals surface area contributed by atoms with E-state index in [2.05, 4.69) is 26.2 Å². The molecule has 1 unspecified atom stereocenters. The van der Waals surface area contributed by atoms with Gasteiger partial charge in [0.05, 0.1) is 19.1 Å². The molecule has 3 aromatic rings. The molecule has 1 amide bonds. The molecule has 9 heteroatoms. The van der Waals surface area contributed by atoms with E-state index in [-0.39, 0.29) is 36.5 Å². The average Bonchev–Trinajstić information content (AvgIpc) is 2.72. The van der Waals surface area contributed by atoms with Crippen LogP contribution in [0.25, 0.3) is 0 Å². The van der Waals surface area contributed by atoms with Crippen molar-refractivity contribution in [3.05, 3.63) is 91.0 Å². The lowest BCUT2D eigenvalue weighted by atomic mass is 10.1. The second kappa shape index (κ2) is 9.65. The van der Waals surface area contributed by atoms with E-state index in [1.807, 2.05) is 61.5 Å². The first kappa shape index (κ1) is 22.4. The molecule has 8 nitrogen and oxygen atoms in total. The van der Waals surface area contributed by atoms with Crippen LogP contribution in [0.5, 0.6) is 0 Å². The van der Waals surface area contributed by atoms with Gasteiger partial charge in [-0.15, -0.1) is 0 Å². The zero-order valence-electron chi connectivity index (χ0n) is 17.3. The lowest BCUT2D eigenvalue weighted by molar-refractivity contribution is -0.120. The van der Waals surface area contributed by atoms with Gasteiger partial charge in [-0.05, 0) is 30.2 Å². The first-order chi connectivity index (χ1) is 14.8. The minimum absolute atomic E-state index is 0.00820. The number of hydrogen-bond donors (Lipinski definition) is 3. The Hall–Kier alpha value is -3.33. The van der Waals surface area contributed by atoms with E-state index in [4.69, 9.17) is 5.73 Å². The fraction of sp³-hybridized carbons (Fsp3) is 0.227. The molecular formula is C22H24BrN5O3. The summed E-state index contributed by atoms with van der Waals surface area (Å²) in [7, 11) is 1.59. The molecule has 4 N–H and O–H groups in total. The molecule has 0 aliphatic rings. The molecule has 0 radical (unpaired) electrons. The van der Waals surface area contributed by atoms with Crippen LogP contribution in [-0.4, -0.2) is 29.1 Å². The van der Waals surface area contributed by atoms with Crippen LogP contribution in [-0.2, 0) is 11.3 Å². The number of anilines is 2. The first-order valence-corrected chi connectivity index (χ1v) is 10.5. The number of carbonyl (C=O) groups is 1. The summed E-state index contributed by atoms with van der Waals surface area (Å²) in [4.78, 5) is 41.0. The number of nitrogen functional groups attached to an aromatic ring is 1. The highest BCUT2D eigenvalue weighted by atomic mass is 79.9. The highest BCUT2D eigenvalue weighted by molar-refractivity contribution is 9.10. The quantitative estimate of drug-likeness (QED) is 0.474. The molecule has 0 spiro atoms. The van der Waals surface area contributed by atoms with Crippen LogP contribution in [0.3, 0.4) is 0 Å². The summed E-state index contributed by atoms with van der Waals surface area (Å²) in [5.41, 5.74) is 6.83. The third-order valence-corrected chi connectivity index (χ3v) is 5.44. The van der Waals surface area contributed by atoms with Crippen molar-refractivity contribution in [2.45, 2.75) is 19.5 Å². The number of benzene rings is 2. The summed E-state index contributed by atoms with van der Waals surface area (Å²) in [6, 6.07) is 16.7. The Morgan fingerprint density at radius 2 is 1.81 bits per heavy atom. The van der Waals surface area contributed by atoms with E-state index < -0.39 is 11.2 Å². The van der Waals surface area contributed by atoms with E-state index in [9.17, 15) is 14.4 Å². The number of aromatic nitrogens is 2. The molecule has 0 bridgehead atoms. The Balaban J connectivity index is 1.77. The van der Waals surface area contributed by atoms with E-state index in [1.54, 1.807) is 7.05 Å². The number of halogens is 1. The lowest BCUT2D eigenvalue weighted by Gasteiger charge is -2.22. The van der Waals surface area contributed by atoms with Crippen molar-refractivity contribution < 1.29 is 4.79 Å². The number of nitrogens with one attached hydrogen (secondary N) is 2. The minimum atomic E-state index is -0.636. The summed E-state index contributed by atoms with van der Waals surface area (Å²) in [5, 5.41) is 2.90. The molecule has 0 saturated heterocycles. The SMILES string of the molecule is CC(NC(=O)CN(C)c1c(N)n(Cc2ccccc2)c(=O)[nH]c1=O)c1ccc(Br)cc1. The molecule has 0 aliphatic carbocycles. The zero-order chi connectivity index (χ0) is 22.5. The van der Waals surface area contributed by atoms with Gasteiger partial charge in [0.15, 0.2) is 0 Å². The van der Waals surface area contributed by atoms with Crippen molar-refractivity contribution in [3.63, 3.8) is 0 Å². The molecule has 1 heterocycles. The van der Waals surface area contributed by atoms with Crippen LogP contribution in [0.1, 0.15) is 24.1 Å². The van der Waals surface area contributed by atoms with Gasteiger partial charge in [-0.3, -0.25) is 19.1 Å². The largest absolute Gasteiger partial charge is 0.383 e. The second-order valence-corrected chi connectivity index (χ2v) is 8.18. The van der Waals surface area contributed by atoms with Crippen LogP contribution >= 0.6 is 15.9 Å². The van der Waals surface area contributed by atoms with Gasteiger partial charge in [-0.1, -0.05) is 58.4 Å². The summed E-state index contributed by atoms with van der Waals surface area (Å²) in [5.74, 6) is -0.272. The van der Waals surface area contributed by atoms with Gasteiger partial charge < -0.3 is 16.0 Å². The maximum Gasteiger partial charge on any atom is 0.330 e. The first-order valence-electron chi connectivity index (χ1n) is 9.68. The third kappa shape index (κ3) is 5.43. The monoisotopic (exact) mass is 485 g/mol. The molecular weight excluding hydrogens is 462 g/mol. The van der Waals surface area contributed by atoms with Crippen molar-refractivity contribution in [2.24, 2.45) is 0 Å². The molecule has 162 valence electrons. The minimum Gasteiger partial charge on any atom is -0.383 e. The summed E-state index contributed by atoms with van der Waals surface area (Å²) in [6.07, 6.45) is 0. The number of aromatic amines is 1. The smallest absolute Gasteiger partial charge is 0.330 e. The Morgan fingerprint density at radius 3 is 2.45 bits per heavy atom. The predicted molar refractivity (Wildman–Crippen MR) is 125 cm³/mol. The van der Waals surface area contributed by atoms with Gasteiger partial charge in [0.2, 0.25) is 5.91 Å². The maximum absolute atomic E-state index is 12.6. The van der Waals surface area contributed by atoms with Gasteiger partial charge >= 0.3 is 5.69 Å². The number of hydrogen-bond acceptors (Lipinski definition) is 5. The number of rotatable bonds is 7. The fourth-order valence-corrected chi connectivity index (χ4v) is 3.55. The van der Waals surface area contributed by atoms with Crippen LogP contribution in [0.15, 0.2) is 68.7 Å². The number of nitrogens with zero attached hydrogens (tertiary/aromatic N) is 2. The normalized spacial score (nSPS) is 11.7. The summed E-state index contributed by atoms with van der Waals surface area (Å²) >= 11 is 3.39. The summed E-state index contributed by atoms with van der Waals surface area (Å²) in [6.45, 7) is 1.98. The van der Waals surface area contributed by atoms with Gasteiger partial charge in [-0.2, -0.15) is 0 Å². The lowest BCUT2D eigenvalue weighted by Crippen LogP contribution is -2.41. The van der Waals surface area contributed by atoms with Crippen molar-refractivity contribution in [1.82, 2.24) is 14.9 Å². The number of nitrogens with two attached hydrogens (primary N) is 1. The fourth-order valence-electron chi connectivity index (χ4n) is 3.29. The molecule has 0 fully saturated rings. The van der Waals surface area contributed by atoms with Crippen molar-refractivity contribution in [1.29, 1.82) is 0 Å². The van der Waals surface area contributed by atoms with Gasteiger partial charge in [0, 0.05) is 11.5 Å². The topological polar surface area (TPSA) is 113 Å². The molecule has 0 saturated carbocycles. The zero-order valence-corrected chi connectivity index (χ0v) is 18.8. The Morgan fingerprint density at radius 1 is 1.16 bits per heavy atom. The van der Waals surface area contributed by atoms with Gasteiger partial charge in [0.25, 0.3) is 5.56 Å². The molecule has 1 aromatic heterocycles. The Bertz CT molecular complexity index is 1170. The third-order valence-electron chi connectivity index (χ3n) is 4.91. The molecule has 3 rings (SSSR count). The molecule has 1 atom stereocenters. The molecule has 2 aromatic carbocycles. The number of amides is 1. The van der Waals surface area contributed by atoms with Crippen LogP contribution in [0.4, 0.5) is 11.5 Å². The average molecular weight is 486 g/mol. The van der Waals surface area contributed by atoms with Crippen molar-refractivity contribution in [2.75, 3.05) is 24.2 Å². The highest BCUT2D eigenvalue weighted by Crippen LogP contribution is 2.18. The number of likely N-dealkylation sites (N-methyl/N-ethyl adjacent to an activating group) is 1. The second-order valence-electron chi connectivity index (χ2n) is 7.26. The number of H-pyrrole nitrogens is 1. The van der Waals surface area contributed by atoms with Crippen molar-refractivity contribution in [3.8, 4) is 0 Å². The van der Waals surface area contributed by atoms with Gasteiger partial charge in [-0.25, -0.2) is 4.79 Å². The predicted octanol–water partition coefficient (Wildman–Crippen LogP) is 2.24. The van der Waals surface area contributed by atoms with Crippen LogP contribution in [0, 0.1) is 0 Å². The Labute approximate surface area is 187 Å². The maximum atomic E-state index is 12.6. The van der Waals surface area contributed by atoms with E-state index in [0.29, 0.717) is 0 Å². The number of carbonyl (C=O) groups excluding carboxylic acids is 1. The van der Waals surface area contributed by atoms with Crippen molar-refractivity contribution >= 4 is 33.3 Å². The highest BCUT2D eigenvalue weighted by Gasteiger charge is 2.19. The van der Waals surface area contributed by atoms with E-state index in [0.717, 1.165) is 15.6 Å². The van der Waals surface area contributed by atoms with E-state index >= 15 is 0 Å². The van der Waals surface area contributed by atoms with E-state index in [1.165, 1.54) is 9.47 Å². The summed E-state index contributed by atoms with van der Waals surface area (Å²) < 4.78 is 2.24. The standard InChI is InChI=1S/C22H24BrN5O3/c1-14(16-8-10-17(23)11-9-16)25-18(29)13-27(2)19-20(24)28(22(31)26-21(19)30)12-15-6-4-3-5-7-15/h3-11,14H,12-13,24H2,1-2H3,(H,25,29)(H,26,30,31). The molecule has 0 aliphatic heterocycles. The van der Waals surface area contributed by atoms with Crippen LogP contribution < -0.4 is 27.2 Å².